The number of piperazine rings is 1. The molecule has 1 aromatic heterocycles. The van der Waals surface area contributed by atoms with Crippen molar-refractivity contribution in [3.05, 3.63) is 65.9 Å². The van der Waals surface area contributed by atoms with Crippen molar-refractivity contribution in [3.8, 4) is 22.4 Å². The summed E-state index contributed by atoms with van der Waals surface area (Å²) >= 11 is 0. The van der Waals surface area contributed by atoms with Gasteiger partial charge in [0.2, 0.25) is 0 Å². The van der Waals surface area contributed by atoms with Crippen LogP contribution >= 0.6 is 0 Å². The van der Waals surface area contributed by atoms with Gasteiger partial charge in [-0.05, 0) is 49.1 Å². The largest absolute Gasteiger partial charge is 0.380 e. The van der Waals surface area contributed by atoms with E-state index in [9.17, 15) is 14.7 Å². The highest BCUT2D eigenvalue weighted by atomic mass is 16.5. The molecule has 0 radical (unpaired) electrons. The van der Waals surface area contributed by atoms with Gasteiger partial charge in [-0.1, -0.05) is 35.5 Å². The fourth-order valence-electron chi connectivity index (χ4n) is 4.09. The molecule has 7 heteroatoms. The number of nitrogens with zero attached hydrogens (tertiary/aromatic N) is 3. The summed E-state index contributed by atoms with van der Waals surface area (Å²) in [4.78, 5) is 28.6. The Balaban J connectivity index is 1.25. The molecule has 1 aliphatic heterocycles. The molecule has 3 aromatic rings. The fraction of sp³-hybridized carbons (Fsp3) is 0.320. The summed E-state index contributed by atoms with van der Waals surface area (Å²) in [6.07, 6.45) is 1.08. The van der Waals surface area contributed by atoms with Crippen LogP contribution in [0.5, 0.6) is 0 Å². The summed E-state index contributed by atoms with van der Waals surface area (Å²) in [6, 6.07) is 17.5. The molecule has 32 heavy (non-hydrogen) atoms. The number of carbonyl (C=O) groups excluding carboxylic acids is 2. The average Bonchev–Trinajstić information content (AvgIpc) is 3.44. The van der Waals surface area contributed by atoms with Crippen LogP contribution < -0.4 is 0 Å². The van der Waals surface area contributed by atoms with E-state index >= 15 is 0 Å². The van der Waals surface area contributed by atoms with Crippen molar-refractivity contribution < 1.29 is 19.2 Å². The van der Waals surface area contributed by atoms with Crippen LogP contribution in [0.3, 0.4) is 0 Å². The second-order valence-corrected chi connectivity index (χ2v) is 8.60. The third-order valence-corrected chi connectivity index (χ3v) is 6.23. The zero-order chi connectivity index (χ0) is 22.3. The molecule has 2 heterocycles. The molecule has 2 fully saturated rings. The maximum absolute atomic E-state index is 12.9. The summed E-state index contributed by atoms with van der Waals surface area (Å²) in [6.45, 7) is 3.73. The minimum absolute atomic E-state index is 0.0411. The monoisotopic (exact) mass is 431 g/mol. The lowest BCUT2D eigenvalue weighted by Crippen LogP contribution is -2.53. The number of hydrogen-bond acceptors (Lipinski definition) is 5. The smallest absolute Gasteiger partial charge is 0.254 e. The molecule has 0 atom stereocenters. The molecule has 7 nitrogen and oxygen atoms in total. The van der Waals surface area contributed by atoms with Crippen LogP contribution in [0.2, 0.25) is 0 Å². The van der Waals surface area contributed by atoms with Crippen LogP contribution in [-0.2, 0) is 4.79 Å². The number of benzene rings is 2. The van der Waals surface area contributed by atoms with E-state index in [0.29, 0.717) is 44.6 Å². The topological polar surface area (TPSA) is 86.9 Å². The molecule has 1 saturated carbocycles. The van der Waals surface area contributed by atoms with E-state index < -0.39 is 5.60 Å². The van der Waals surface area contributed by atoms with Gasteiger partial charge < -0.3 is 19.4 Å². The lowest BCUT2D eigenvalue weighted by molar-refractivity contribution is -0.143. The van der Waals surface area contributed by atoms with Crippen LogP contribution in [0.15, 0.2) is 59.1 Å². The lowest BCUT2D eigenvalue weighted by Gasteiger charge is -2.35. The quantitative estimate of drug-likeness (QED) is 0.686. The number of aryl methyl sites for hydroxylation is 1. The molecule has 0 bridgehead atoms. The van der Waals surface area contributed by atoms with E-state index in [1.807, 2.05) is 55.5 Å². The van der Waals surface area contributed by atoms with E-state index in [1.54, 1.807) is 9.80 Å². The predicted octanol–water partition coefficient (Wildman–Crippen LogP) is 3.13. The third-order valence-electron chi connectivity index (χ3n) is 6.23. The first-order valence-electron chi connectivity index (χ1n) is 10.9. The molecule has 2 aliphatic rings. The number of rotatable bonds is 4. The molecule has 2 amide bonds. The van der Waals surface area contributed by atoms with Crippen LogP contribution in [0, 0.1) is 6.92 Å². The highest BCUT2D eigenvalue weighted by Gasteiger charge is 2.50. The number of hydrogen-bond donors (Lipinski definition) is 1. The van der Waals surface area contributed by atoms with Gasteiger partial charge >= 0.3 is 0 Å². The van der Waals surface area contributed by atoms with Gasteiger partial charge in [0.15, 0.2) is 0 Å². The summed E-state index contributed by atoms with van der Waals surface area (Å²) in [7, 11) is 0. The minimum Gasteiger partial charge on any atom is -0.380 e. The van der Waals surface area contributed by atoms with Gasteiger partial charge in [-0.15, -0.1) is 0 Å². The molecule has 2 aromatic carbocycles. The van der Waals surface area contributed by atoms with E-state index in [0.717, 1.165) is 28.1 Å². The number of carbonyl (C=O) groups is 2. The van der Waals surface area contributed by atoms with Crippen LogP contribution in [0.1, 0.15) is 29.0 Å². The van der Waals surface area contributed by atoms with Gasteiger partial charge in [0.05, 0.1) is 0 Å². The second kappa shape index (κ2) is 7.91. The first kappa shape index (κ1) is 20.5. The molecular formula is C25H25N3O4. The van der Waals surface area contributed by atoms with Crippen molar-refractivity contribution in [2.75, 3.05) is 26.2 Å². The Morgan fingerprint density at radius 2 is 1.56 bits per heavy atom. The Labute approximate surface area is 186 Å². The average molecular weight is 431 g/mol. The van der Waals surface area contributed by atoms with Crippen molar-refractivity contribution in [3.63, 3.8) is 0 Å². The Hall–Kier alpha value is -3.45. The van der Waals surface area contributed by atoms with Crippen molar-refractivity contribution in [2.24, 2.45) is 0 Å². The van der Waals surface area contributed by atoms with Gasteiger partial charge in [-0.2, -0.15) is 0 Å². The number of aromatic nitrogens is 1. The number of amides is 2. The Kier molecular flexibility index (Phi) is 5.06. The third kappa shape index (κ3) is 3.91. The summed E-state index contributed by atoms with van der Waals surface area (Å²) in [5.41, 5.74) is 3.29. The molecule has 1 aliphatic carbocycles. The van der Waals surface area contributed by atoms with Gasteiger partial charge in [-0.3, -0.25) is 9.59 Å². The van der Waals surface area contributed by atoms with Crippen molar-refractivity contribution >= 4 is 11.8 Å². The molecule has 0 unspecified atom stereocenters. The standard InChI is InChI=1S/C25H25N3O4/c1-17-15-22(26-32-17)21-4-2-3-20(16-21)18-5-7-19(8-6-18)23(29)27-11-13-28(14-12-27)24(30)25(31)9-10-25/h2-8,15-16,31H,9-14H2,1H3. The second-order valence-electron chi connectivity index (χ2n) is 8.60. The zero-order valence-corrected chi connectivity index (χ0v) is 18.0. The Morgan fingerprint density at radius 3 is 2.19 bits per heavy atom. The molecule has 5 rings (SSSR count). The first-order chi connectivity index (χ1) is 15.4. The van der Waals surface area contributed by atoms with Crippen molar-refractivity contribution in [2.45, 2.75) is 25.4 Å². The zero-order valence-electron chi connectivity index (χ0n) is 18.0. The summed E-state index contributed by atoms with van der Waals surface area (Å²) < 4.78 is 5.18. The summed E-state index contributed by atoms with van der Waals surface area (Å²) in [5.74, 6) is 0.527. The van der Waals surface area contributed by atoms with Crippen molar-refractivity contribution in [1.29, 1.82) is 0 Å². The van der Waals surface area contributed by atoms with Gasteiger partial charge in [0.25, 0.3) is 11.8 Å². The van der Waals surface area contributed by atoms with E-state index in [4.69, 9.17) is 4.52 Å². The maximum atomic E-state index is 12.9. The summed E-state index contributed by atoms with van der Waals surface area (Å²) in [5, 5.41) is 14.1. The first-order valence-corrected chi connectivity index (χ1v) is 10.9. The minimum atomic E-state index is -1.15. The lowest BCUT2D eigenvalue weighted by atomic mass is 10.0. The van der Waals surface area contributed by atoms with Gasteiger partial charge in [0, 0.05) is 43.4 Å². The maximum Gasteiger partial charge on any atom is 0.254 e. The van der Waals surface area contributed by atoms with E-state index in [1.165, 1.54) is 0 Å². The SMILES string of the molecule is Cc1cc(-c2cccc(-c3ccc(C(=O)N4CCN(C(=O)C5(O)CC5)CC4)cc3)c2)no1. The fourth-order valence-corrected chi connectivity index (χ4v) is 4.09. The molecule has 164 valence electrons. The highest BCUT2D eigenvalue weighted by Crippen LogP contribution is 2.37. The van der Waals surface area contributed by atoms with Crippen LogP contribution in [0.25, 0.3) is 22.4 Å². The normalized spacial score (nSPS) is 17.3. The number of aliphatic hydroxyl groups is 1. The van der Waals surface area contributed by atoms with Crippen LogP contribution in [0.4, 0.5) is 0 Å². The Bertz CT molecular complexity index is 1160. The Morgan fingerprint density at radius 1 is 0.906 bits per heavy atom. The van der Waals surface area contributed by atoms with Crippen molar-refractivity contribution in [1.82, 2.24) is 15.0 Å². The van der Waals surface area contributed by atoms with E-state index in [-0.39, 0.29) is 11.8 Å². The van der Waals surface area contributed by atoms with Gasteiger partial charge in [0.1, 0.15) is 17.1 Å². The molecular weight excluding hydrogens is 406 g/mol. The van der Waals surface area contributed by atoms with E-state index in [2.05, 4.69) is 11.2 Å². The van der Waals surface area contributed by atoms with Crippen LogP contribution in [-0.4, -0.2) is 63.7 Å². The molecule has 1 saturated heterocycles. The molecule has 0 spiro atoms. The molecule has 1 N–H and O–H groups in total. The highest BCUT2D eigenvalue weighted by molar-refractivity contribution is 5.95. The predicted molar refractivity (Wildman–Crippen MR) is 119 cm³/mol. The van der Waals surface area contributed by atoms with Gasteiger partial charge in [-0.25, -0.2) is 0 Å².